The first-order chi connectivity index (χ1) is 5.24. The Morgan fingerprint density at radius 3 is 3.09 bits per heavy atom. The molecule has 0 amide bonds. The Bertz CT molecular complexity index is 191. The highest BCUT2D eigenvalue weighted by Gasteiger charge is 2.17. The van der Waals surface area contributed by atoms with Crippen LogP contribution >= 0.6 is 11.8 Å². The lowest BCUT2D eigenvalue weighted by molar-refractivity contribution is -0.131. The maximum atomic E-state index is 10.4. The molecular weight excluding hydrogens is 162 g/mol. The van der Waals surface area contributed by atoms with Crippen molar-refractivity contribution < 1.29 is 9.90 Å². The van der Waals surface area contributed by atoms with Gasteiger partial charge in [-0.2, -0.15) is 0 Å². The van der Waals surface area contributed by atoms with E-state index in [-0.39, 0.29) is 0 Å². The first-order valence-corrected chi connectivity index (χ1v) is 4.54. The zero-order valence-electron chi connectivity index (χ0n) is 6.41. The molecule has 1 N–H and O–H groups in total. The van der Waals surface area contributed by atoms with Gasteiger partial charge in [-0.25, -0.2) is 4.79 Å². The summed E-state index contributed by atoms with van der Waals surface area (Å²) in [5, 5.41) is 8.58. The molecule has 0 aliphatic carbocycles. The van der Waals surface area contributed by atoms with Crippen LogP contribution in [0.3, 0.4) is 0 Å². The molecular formula is C7H11NO2S. The van der Waals surface area contributed by atoms with Gasteiger partial charge in [0.1, 0.15) is 4.91 Å². The summed E-state index contributed by atoms with van der Waals surface area (Å²) in [6, 6.07) is 0. The molecule has 1 aliphatic rings. The molecule has 3 nitrogen and oxygen atoms in total. The van der Waals surface area contributed by atoms with E-state index >= 15 is 0 Å². The SMILES string of the molecule is CCCN1C=C(C(=O)O)SC1. The first kappa shape index (κ1) is 8.46. The van der Waals surface area contributed by atoms with E-state index in [4.69, 9.17) is 5.11 Å². The fourth-order valence-electron chi connectivity index (χ4n) is 0.926. The van der Waals surface area contributed by atoms with Crippen LogP contribution in [0.4, 0.5) is 0 Å². The molecule has 0 fully saturated rings. The number of aliphatic carboxylic acids is 1. The topological polar surface area (TPSA) is 40.5 Å². The number of nitrogens with zero attached hydrogens (tertiary/aromatic N) is 1. The number of rotatable bonds is 3. The minimum Gasteiger partial charge on any atom is -0.477 e. The van der Waals surface area contributed by atoms with E-state index in [0.717, 1.165) is 18.8 Å². The third-order valence-corrected chi connectivity index (χ3v) is 2.46. The Kier molecular flexibility index (Phi) is 2.82. The maximum Gasteiger partial charge on any atom is 0.343 e. The van der Waals surface area contributed by atoms with Crippen LogP contribution in [0.15, 0.2) is 11.1 Å². The second kappa shape index (κ2) is 3.67. The molecule has 0 saturated carbocycles. The molecule has 0 aromatic rings. The fourth-order valence-corrected chi connectivity index (χ4v) is 1.78. The van der Waals surface area contributed by atoms with Gasteiger partial charge in [0.25, 0.3) is 0 Å². The Balaban J connectivity index is 2.47. The zero-order valence-corrected chi connectivity index (χ0v) is 7.23. The largest absolute Gasteiger partial charge is 0.477 e. The summed E-state index contributed by atoms with van der Waals surface area (Å²) in [5.74, 6) is -0.0243. The first-order valence-electron chi connectivity index (χ1n) is 3.56. The molecule has 0 atom stereocenters. The quantitative estimate of drug-likeness (QED) is 0.699. The summed E-state index contributed by atoms with van der Waals surface area (Å²) in [4.78, 5) is 12.9. The molecule has 1 rings (SSSR count). The van der Waals surface area contributed by atoms with Gasteiger partial charge in [-0.1, -0.05) is 18.7 Å². The lowest BCUT2D eigenvalue weighted by atomic mass is 10.4. The Morgan fingerprint density at radius 1 is 1.91 bits per heavy atom. The van der Waals surface area contributed by atoms with Crippen molar-refractivity contribution >= 4 is 17.7 Å². The summed E-state index contributed by atoms with van der Waals surface area (Å²) in [5.41, 5.74) is 0. The van der Waals surface area contributed by atoms with Gasteiger partial charge in [0.05, 0.1) is 5.88 Å². The Morgan fingerprint density at radius 2 is 2.64 bits per heavy atom. The molecule has 0 bridgehead atoms. The average Bonchev–Trinajstić information content (AvgIpc) is 2.37. The van der Waals surface area contributed by atoms with E-state index in [9.17, 15) is 4.79 Å². The Labute approximate surface area is 70.1 Å². The number of hydrogen-bond donors (Lipinski definition) is 1. The number of thioether (sulfide) groups is 1. The van der Waals surface area contributed by atoms with Crippen molar-refractivity contribution in [3.8, 4) is 0 Å². The standard InChI is InChI=1S/C7H11NO2S/c1-2-3-8-4-6(7(9)10)11-5-8/h4H,2-3,5H2,1H3,(H,9,10). The molecule has 1 heterocycles. The number of carboxylic acids is 1. The molecule has 0 saturated heterocycles. The van der Waals surface area contributed by atoms with Gasteiger partial charge in [-0.05, 0) is 6.42 Å². The third-order valence-electron chi connectivity index (χ3n) is 1.41. The van der Waals surface area contributed by atoms with E-state index in [1.807, 2.05) is 4.90 Å². The third kappa shape index (κ3) is 2.15. The smallest absolute Gasteiger partial charge is 0.343 e. The predicted octanol–water partition coefficient (Wildman–Crippen LogP) is 1.33. The molecule has 0 spiro atoms. The minimum atomic E-state index is -0.811. The van der Waals surface area contributed by atoms with Crippen LogP contribution < -0.4 is 0 Å². The van der Waals surface area contributed by atoms with Crippen molar-refractivity contribution in [1.29, 1.82) is 0 Å². The van der Waals surface area contributed by atoms with Crippen LogP contribution in [0.25, 0.3) is 0 Å². The van der Waals surface area contributed by atoms with Gasteiger partial charge >= 0.3 is 5.97 Å². The molecule has 11 heavy (non-hydrogen) atoms. The van der Waals surface area contributed by atoms with Crippen molar-refractivity contribution in [3.63, 3.8) is 0 Å². The van der Waals surface area contributed by atoms with Crippen LogP contribution in [0, 0.1) is 0 Å². The summed E-state index contributed by atoms with van der Waals surface area (Å²) < 4.78 is 0. The second-order valence-electron chi connectivity index (χ2n) is 2.38. The van der Waals surface area contributed by atoms with Gasteiger partial charge in [-0.3, -0.25) is 0 Å². The van der Waals surface area contributed by atoms with Gasteiger partial charge < -0.3 is 10.0 Å². The molecule has 0 aromatic heterocycles. The van der Waals surface area contributed by atoms with Crippen molar-refractivity contribution in [2.45, 2.75) is 13.3 Å². The zero-order chi connectivity index (χ0) is 8.27. The van der Waals surface area contributed by atoms with E-state index in [2.05, 4.69) is 6.92 Å². The number of carboxylic acid groups (broad SMARTS) is 1. The summed E-state index contributed by atoms with van der Waals surface area (Å²) in [6.45, 7) is 3.03. The van der Waals surface area contributed by atoms with Crippen molar-refractivity contribution in [2.24, 2.45) is 0 Å². The molecule has 0 radical (unpaired) electrons. The predicted molar refractivity (Wildman–Crippen MR) is 45.2 cm³/mol. The Hall–Kier alpha value is -0.640. The molecule has 0 aromatic carbocycles. The van der Waals surface area contributed by atoms with E-state index in [1.165, 1.54) is 11.8 Å². The van der Waals surface area contributed by atoms with Crippen LogP contribution in [-0.4, -0.2) is 28.4 Å². The molecule has 62 valence electrons. The van der Waals surface area contributed by atoms with Gasteiger partial charge in [0.2, 0.25) is 0 Å². The highest BCUT2D eigenvalue weighted by atomic mass is 32.2. The van der Waals surface area contributed by atoms with E-state index in [1.54, 1.807) is 6.20 Å². The normalized spacial score (nSPS) is 16.8. The fraction of sp³-hybridized carbons (Fsp3) is 0.571. The maximum absolute atomic E-state index is 10.4. The van der Waals surface area contributed by atoms with Gasteiger partial charge in [0, 0.05) is 12.7 Å². The number of carbonyl (C=O) groups is 1. The monoisotopic (exact) mass is 173 g/mol. The van der Waals surface area contributed by atoms with Crippen LogP contribution in [0.2, 0.25) is 0 Å². The van der Waals surface area contributed by atoms with Crippen molar-refractivity contribution in [3.05, 3.63) is 11.1 Å². The highest BCUT2D eigenvalue weighted by Crippen LogP contribution is 2.25. The lowest BCUT2D eigenvalue weighted by Crippen LogP contribution is -2.13. The van der Waals surface area contributed by atoms with Crippen LogP contribution in [0.1, 0.15) is 13.3 Å². The van der Waals surface area contributed by atoms with Gasteiger partial charge in [-0.15, -0.1) is 0 Å². The average molecular weight is 173 g/mol. The second-order valence-corrected chi connectivity index (χ2v) is 3.37. The van der Waals surface area contributed by atoms with Crippen molar-refractivity contribution in [2.75, 3.05) is 12.4 Å². The molecule has 4 heteroatoms. The molecule has 0 unspecified atom stereocenters. The summed E-state index contributed by atoms with van der Waals surface area (Å²) in [7, 11) is 0. The number of hydrogen-bond acceptors (Lipinski definition) is 3. The van der Waals surface area contributed by atoms with E-state index < -0.39 is 5.97 Å². The lowest BCUT2D eigenvalue weighted by Gasteiger charge is -2.11. The van der Waals surface area contributed by atoms with E-state index in [0.29, 0.717) is 4.91 Å². The van der Waals surface area contributed by atoms with Crippen molar-refractivity contribution in [1.82, 2.24) is 4.90 Å². The minimum absolute atomic E-state index is 0.457. The summed E-state index contributed by atoms with van der Waals surface area (Å²) in [6.07, 6.45) is 2.78. The van der Waals surface area contributed by atoms with Gasteiger partial charge in [0.15, 0.2) is 0 Å². The van der Waals surface area contributed by atoms with Crippen LogP contribution in [0.5, 0.6) is 0 Å². The summed E-state index contributed by atoms with van der Waals surface area (Å²) >= 11 is 1.39. The molecule has 1 aliphatic heterocycles. The van der Waals surface area contributed by atoms with Crippen LogP contribution in [-0.2, 0) is 4.79 Å². The highest BCUT2D eigenvalue weighted by molar-refractivity contribution is 8.04.